The maximum atomic E-state index is 13.0. The van der Waals surface area contributed by atoms with Crippen molar-refractivity contribution in [1.29, 1.82) is 0 Å². The van der Waals surface area contributed by atoms with Crippen LogP contribution in [0.25, 0.3) is 0 Å². The predicted molar refractivity (Wildman–Crippen MR) is 95.9 cm³/mol. The fraction of sp³-hybridized carbons (Fsp3) is 0.421. The van der Waals surface area contributed by atoms with Gasteiger partial charge in [0, 0.05) is 11.8 Å². The van der Waals surface area contributed by atoms with E-state index in [1.807, 2.05) is 24.3 Å². The molecule has 25 heavy (non-hydrogen) atoms. The molecule has 1 aromatic heterocycles. The van der Waals surface area contributed by atoms with Crippen molar-refractivity contribution in [2.24, 2.45) is 0 Å². The Bertz CT molecular complexity index is 833. The molecule has 6 heteroatoms. The minimum atomic E-state index is -3.68. The number of rotatable bonds is 4. The third kappa shape index (κ3) is 3.16. The zero-order chi connectivity index (χ0) is 17.3. The molecular weight excluding hydrogens is 336 g/mol. The summed E-state index contributed by atoms with van der Waals surface area (Å²) in [6.45, 7) is 0.314. The molecule has 1 saturated carbocycles. The lowest BCUT2D eigenvalue weighted by Gasteiger charge is -2.26. The first-order valence-electron chi connectivity index (χ1n) is 8.84. The number of benzene rings is 1. The van der Waals surface area contributed by atoms with Gasteiger partial charge in [-0.25, -0.2) is 4.98 Å². The van der Waals surface area contributed by atoms with E-state index in [1.54, 1.807) is 12.1 Å². The van der Waals surface area contributed by atoms with Gasteiger partial charge in [0.25, 0.3) is 10.0 Å². The maximum Gasteiger partial charge on any atom is 0.281 e. The summed E-state index contributed by atoms with van der Waals surface area (Å²) in [5, 5.41) is 0.0723. The summed E-state index contributed by atoms with van der Waals surface area (Å²) in [5.74, 6) is 0. The SMILES string of the molecule is O=S(=O)(c1ccccn1)N1C[C@@H](OC2CCCCC2)c2ccccc21. The highest BCUT2D eigenvalue weighted by molar-refractivity contribution is 7.92. The Balaban J connectivity index is 1.64. The standard InChI is InChI=1S/C19H22N2O3S/c22-25(23,19-12-6-7-13-20-19)21-14-18(16-10-4-5-11-17(16)21)24-15-8-2-1-3-9-15/h4-7,10-13,15,18H,1-3,8-9,14H2/t18-/m1/s1. The number of hydrogen-bond donors (Lipinski definition) is 0. The number of fused-ring (bicyclic) bond motifs is 1. The predicted octanol–water partition coefficient (Wildman–Crippen LogP) is 3.68. The summed E-state index contributed by atoms with van der Waals surface area (Å²) in [7, 11) is -3.68. The zero-order valence-corrected chi connectivity index (χ0v) is 14.9. The largest absolute Gasteiger partial charge is 0.368 e. The Morgan fingerprint density at radius 2 is 1.76 bits per heavy atom. The van der Waals surface area contributed by atoms with Crippen molar-refractivity contribution in [2.45, 2.75) is 49.3 Å². The van der Waals surface area contributed by atoms with Gasteiger partial charge < -0.3 is 4.74 Å². The molecule has 1 aliphatic heterocycles. The molecule has 1 aliphatic carbocycles. The van der Waals surface area contributed by atoms with Crippen molar-refractivity contribution in [1.82, 2.24) is 4.98 Å². The first-order chi connectivity index (χ1) is 12.2. The molecule has 0 N–H and O–H groups in total. The first kappa shape index (κ1) is 16.5. The van der Waals surface area contributed by atoms with Gasteiger partial charge in [-0.1, -0.05) is 43.5 Å². The highest BCUT2D eigenvalue weighted by atomic mass is 32.2. The molecule has 1 fully saturated rings. The third-order valence-electron chi connectivity index (χ3n) is 4.99. The van der Waals surface area contributed by atoms with Crippen LogP contribution in [0.15, 0.2) is 53.7 Å². The van der Waals surface area contributed by atoms with Crippen molar-refractivity contribution in [3.05, 3.63) is 54.2 Å². The minimum Gasteiger partial charge on any atom is -0.368 e. The lowest BCUT2D eigenvalue weighted by molar-refractivity contribution is -0.0226. The lowest BCUT2D eigenvalue weighted by Crippen LogP contribution is -2.32. The quantitative estimate of drug-likeness (QED) is 0.836. The van der Waals surface area contributed by atoms with Crippen LogP contribution in [0.3, 0.4) is 0 Å². The molecule has 1 atom stereocenters. The molecule has 0 radical (unpaired) electrons. The highest BCUT2D eigenvalue weighted by Gasteiger charge is 2.38. The van der Waals surface area contributed by atoms with Crippen LogP contribution >= 0.6 is 0 Å². The Morgan fingerprint density at radius 3 is 2.52 bits per heavy atom. The number of sulfonamides is 1. The van der Waals surface area contributed by atoms with Crippen LogP contribution < -0.4 is 4.31 Å². The third-order valence-corrected chi connectivity index (χ3v) is 6.68. The second kappa shape index (κ2) is 6.77. The molecular formula is C19H22N2O3S. The van der Waals surface area contributed by atoms with Crippen molar-refractivity contribution in [3.63, 3.8) is 0 Å². The summed E-state index contributed by atoms with van der Waals surface area (Å²) in [4.78, 5) is 4.04. The second-order valence-corrected chi connectivity index (χ2v) is 8.46. The van der Waals surface area contributed by atoms with Crippen LogP contribution in [0.4, 0.5) is 5.69 Å². The smallest absolute Gasteiger partial charge is 0.281 e. The molecule has 132 valence electrons. The van der Waals surface area contributed by atoms with E-state index < -0.39 is 10.0 Å². The summed E-state index contributed by atoms with van der Waals surface area (Å²) in [6, 6.07) is 12.6. The molecule has 0 spiro atoms. The van der Waals surface area contributed by atoms with Gasteiger partial charge in [-0.2, -0.15) is 8.42 Å². The monoisotopic (exact) mass is 358 g/mol. The first-order valence-corrected chi connectivity index (χ1v) is 10.3. The van der Waals surface area contributed by atoms with Crippen molar-refractivity contribution in [2.75, 3.05) is 10.8 Å². The van der Waals surface area contributed by atoms with Crippen LogP contribution in [0.5, 0.6) is 0 Å². The van der Waals surface area contributed by atoms with E-state index in [2.05, 4.69) is 4.98 Å². The van der Waals surface area contributed by atoms with E-state index >= 15 is 0 Å². The Morgan fingerprint density at radius 1 is 1.00 bits per heavy atom. The molecule has 0 unspecified atom stereocenters. The molecule has 5 nitrogen and oxygen atoms in total. The number of nitrogens with zero attached hydrogens (tertiary/aromatic N) is 2. The number of hydrogen-bond acceptors (Lipinski definition) is 4. The molecule has 2 aromatic rings. The summed E-state index contributed by atoms with van der Waals surface area (Å²) < 4.78 is 33.8. The number of pyridine rings is 1. The van der Waals surface area contributed by atoms with E-state index in [9.17, 15) is 8.42 Å². The van der Waals surface area contributed by atoms with Gasteiger partial charge in [0.2, 0.25) is 0 Å². The molecule has 0 saturated heterocycles. The van der Waals surface area contributed by atoms with Gasteiger partial charge in [0.1, 0.15) is 6.10 Å². The van der Waals surface area contributed by atoms with Crippen LogP contribution in [-0.4, -0.2) is 26.1 Å². The number of anilines is 1. The highest BCUT2D eigenvalue weighted by Crippen LogP contribution is 2.41. The normalized spacial score (nSPS) is 21.3. The van der Waals surface area contributed by atoms with Crippen LogP contribution in [-0.2, 0) is 14.8 Å². The fourth-order valence-electron chi connectivity index (χ4n) is 3.72. The van der Waals surface area contributed by atoms with Gasteiger partial charge >= 0.3 is 0 Å². The summed E-state index contributed by atoms with van der Waals surface area (Å²) >= 11 is 0. The molecule has 2 heterocycles. The van der Waals surface area contributed by atoms with E-state index in [1.165, 1.54) is 35.8 Å². The van der Waals surface area contributed by atoms with Crippen LogP contribution in [0.1, 0.15) is 43.8 Å². The van der Waals surface area contributed by atoms with E-state index in [4.69, 9.17) is 4.74 Å². The van der Waals surface area contributed by atoms with Gasteiger partial charge in [-0.15, -0.1) is 0 Å². The van der Waals surface area contributed by atoms with Crippen molar-refractivity contribution < 1.29 is 13.2 Å². The van der Waals surface area contributed by atoms with Crippen molar-refractivity contribution >= 4 is 15.7 Å². The molecule has 0 bridgehead atoms. The topological polar surface area (TPSA) is 59.5 Å². The van der Waals surface area contributed by atoms with E-state index in [0.29, 0.717) is 12.2 Å². The van der Waals surface area contributed by atoms with Gasteiger partial charge in [0.15, 0.2) is 5.03 Å². The molecule has 2 aliphatic rings. The number of para-hydroxylation sites is 1. The van der Waals surface area contributed by atoms with Crippen LogP contribution in [0, 0.1) is 0 Å². The number of ether oxygens (including phenoxy) is 1. The van der Waals surface area contributed by atoms with E-state index in [0.717, 1.165) is 18.4 Å². The minimum absolute atomic E-state index is 0.0723. The average molecular weight is 358 g/mol. The Labute approximate surface area is 148 Å². The second-order valence-electron chi connectivity index (χ2n) is 6.65. The molecule has 1 aromatic carbocycles. The molecule has 4 rings (SSSR count). The fourth-order valence-corrected chi connectivity index (χ4v) is 5.15. The summed E-state index contributed by atoms with van der Waals surface area (Å²) in [5.41, 5.74) is 1.65. The Kier molecular flexibility index (Phi) is 4.48. The zero-order valence-electron chi connectivity index (χ0n) is 14.0. The Hall–Kier alpha value is -1.92. The van der Waals surface area contributed by atoms with Gasteiger partial charge in [0.05, 0.1) is 18.3 Å². The van der Waals surface area contributed by atoms with Crippen LogP contribution in [0.2, 0.25) is 0 Å². The average Bonchev–Trinajstić information content (AvgIpc) is 3.03. The van der Waals surface area contributed by atoms with Gasteiger partial charge in [-0.3, -0.25) is 4.31 Å². The van der Waals surface area contributed by atoms with E-state index in [-0.39, 0.29) is 17.2 Å². The molecule has 0 amide bonds. The number of aromatic nitrogens is 1. The van der Waals surface area contributed by atoms with Gasteiger partial charge in [-0.05, 0) is 31.0 Å². The maximum absolute atomic E-state index is 13.0. The summed E-state index contributed by atoms with van der Waals surface area (Å²) in [6.07, 6.45) is 7.29. The lowest BCUT2D eigenvalue weighted by atomic mass is 9.97. The van der Waals surface area contributed by atoms with Crippen molar-refractivity contribution in [3.8, 4) is 0 Å².